The second-order valence-corrected chi connectivity index (χ2v) is 3.20. The van der Waals surface area contributed by atoms with Gasteiger partial charge in [0.1, 0.15) is 6.10 Å². The van der Waals surface area contributed by atoms with Crippen molar-refractivity contribution in [3.63, 3.8) is 0 Å². The third kappa shape index (κ3) is 2.04. The Labute approximate surface area is 90.4 Å². The van der Waals surface area contributed by atoms with Crippen molar-refractivity contribution < 1.29 is 13.9 Å². The Kier molecular flexibility index (Phi) is 2.87. The lowest BCUT2D eigenvalue weighted by atomic mass is 10.0. The monoisotopic (exact) mass is 222 g/mol. The minimum absolute atomic E-state index is 0.00750. The first-order chi connectivity index (χ1) is 7.68. The molecule has 0 amide bonds. The Balaban J connectivity index is 2.39. The SMILES string of the molecule is OC(c1ccnc(F)c1)c1cccnc1F. The van der Waals surface area contributed by atoms with Crippen molar-refractivity contribution in [1.82, 2.24) is 9.97 Å². The molecule has 1 unspecified atom stereocenters. The number of rotatable bonds is 2. The normalized spacial score (nSPS) is 12.4. The largest absolute Gasteiger partial charge is 0.383 e. The number of aliphatic hydroxyl groups excluding tert-OH is 1. The van der Waals surface area contributed by atoms with Gasteiger partial charge >= 0.3 is 0 Å². The van der Waals surface area contributed by atoms with Crippen LogP contribution in [0.25, 0.3) is 0 Å². The molecule has 0 saturated heterocycles. The summed E-state index contributed by atoms with van der Waals surface area (Å²) < 4.78 is 26.1. The van der Waals surface area contributed by atoms with Gasteiger partial charge in [0.2, 0.25) is 11.9 Å². The van der Waals surface area contributed by atoms with Gasteiger partial charge in [0.25, 0.3) is 0 Å². The fourth-order valence-electron chi connectivity index (χ4n) is 1.37. The average Bonchev–Trinajstić information content (AvgIpc) is 2.29. The molecule has 2 rings (SSSR count). The van der Waals surface area contributed by atoms with E-state index in [0.29, 0.717) is 0 Å². The van der Waals surface area contributed by atoms with Crippen molar-refractivity contribution >= 4 is 0 Å². The van der Waals surface area contributed by atoms with E-state index in [1.165, 1.54) is 30.6 Å². The highest BCUT2D eigenvalue weighted by molar-refractivity contribution is 5.27. The molecule has 0 aliphatic rings. The molecule has 0 fully saturated rings. The van der Waals surface area contributed by atoms with Crippen LogP contribution in [-0.2, 0) is 0 Å². The summed E-state index contributed by atoms with van der Waals surface area (Å²) >= 11 is 0. The Hall–Kier alpha value is -1.88. The second-order valence-electron chi connectivity index (χ2n) is 3.20. The van der Waals surface area contributed by atoms with Crippen molar-refractivity contribution in [1.29, 1.82) is 0 Å². The molecular weight excluding hydrogens is 214 g/mol. The molecular formula is C11H8F2N2O. The molecule has 0 spiro atoms. The van der Waals surface area contributed by atoms with Crippen LogP contribution < -0.4 is 0 Å². The average molecular weight is 222 g/mol. The molecule has 82 valence electrons. The topological polar surface area (TPSA) is 46.0 Å². The zero-order chi connectivity index (χ0) is 11.5. The molecule has 2 aromatic heterocycles. The summed E-state index contributed by atoms with van der Waals surface area (Å²) in [5, 5.41) is 9.82. The summed E-state index contributed by atoms with van der Waals surface area (Å²) in [4.78, 5) is 6.76. The van der Waals surface area contributed by atoms with Crippen LogP contribution in [0.1, 0.15) is 17.2 Å². The number of aliphatic hydroxyl groups is 1. The van der Waals surface area contributed by atoms with Crippen LogP contribution in [0.15, 0.2) is 36.7 Å². The first-order valence-electron chi connectivity index (χ1n) is 4.58. The highest BCUT2D eigenvalue weighted by atomic mass is 19.1. The van der Waals surface area contributed by atoms with Crippen molar-refractivity contribution in [2.45, 2.75) is 6.10 Å². The fourth-order valence-corrected chi connectivity index (χ4v) is 1.37. The zero-order valence-electron chi connectivity index (χ0n) is 8.14. The minimum atomic E-state index is -1.24. The van der Waals surface area contributed by atoms with Gasteiger partial charge in [-0.25, -0.2) is 9.97 Å². The van der Waals surface area contributed by atoms with E-state index < -0.39 is 18.0 Å². The molecule has 0 bridgehead atoms. The number of hydrogen-bond acceptors (Lipinski definition) is 3. The maximum absolute atomic E-state index is 13.2. The van der Waals surface area contributed by atoms with E-state index in [9.17, 15) is 13.9 Å². The summed E-state index contributed by atoms with van der Waals surface area (Å²) in [6.07, 6.45) is 1.24. The number of pyridine rings is 2. The Morgan fingerprint density at radius 1 is 1.12 bits per heavy atom. The van der Waals surface area contributed by atoms with Crippen LogP contribution >= 0.6 is 0 Å². The van der Waals surface area contributed by atoms with Crippen molar-refractivity contribution in [3.8, 4) is 0 Å². The van der Waals surface area contributed by atoms with Crippen LogP contribution in [0, 0.1) is 11.9 Å². The first-order valence-corrected chi connectivity index (χ1v) is 4.58. The number of aromatic nitrogens is 2. The molecule has 0 aromatic carbocycles. The van der Waals surface area contributed by atoms with E-state index in [0.717, 1.165) is 6.07 Å². The molecule has 16 heavy (non-hydrogen) atoms. The third-order valence-electron chi connectivity index (χ3n) is 2.15. The smallest absolute Gasteiger partial charge is 0.218 e. The fraction of sp³-hybridized carbons (Fsp3) is 0.0909. The van der Waals surface area contributed by atoms with Gasteiger partial charge in [-0.05, 0) is 29.8 Å². The van der Waals surface area contributed by atoms with Crippen molar-refractivity contribution in [3.05, 3.63) is 59.7 Å². The summed E-state index contributed by atoms with van der Waals surface area (Å²) in [6, 6.07) is 5.36. The Morgan fingerprint density at radius 2 is 1.94 bits per heavy atom. The molecule has 2 heterocycles. The lowest BCUT2D eigenvalue weighted by Gasteiger charge is -2.11. The maximum atomic E-state index is 13.2. The van der Waals surface area contributed by atoms with Gasteiger partial charge < -0.3 is 5.11 Å². The Bertz CT molecular complexity index is 505. The molecule has 0 aliphatic carbocycles. The predicted molar refractivity (Wildman–Crippen MR) is 52.5 cm³/mol. The quantitative estimate of drug-likeness (QED) is 0.788. The highest BCUT2D eigenvalue weighted by Gasteiger charge is 2.15. The maximum Gasteiger partial charge on any atom is 0.218 e. The van der Waals surface area contributed by atoms with E-state index in [4.69, 9.17) is 0 Å². The van der Waals surface area contributed by atoms with Crippen LogP contribution in [0.4, 0.5) is 8.78 Å². The first kappa shape index (κ1) is 10.6. The van der Waals surface area contributed by atoms with E-state index in [2.05, 4.69) is 9.97 Å². The van der Waals surface area contributed by atoms with E-state index in [-0.39, 0.29) is 11.1 Å². The predicted octanol–water partition coefficient (Wildman–Crippen LogP) is 1.84. The van der Waals surface area contributed by atoms with Gasteiger partial charge in [-0.2, -0.15) is 8.78 Å². The molecule has 5 heteroatoms. The summed E-state index contributed by atoms with van der Waals surface area (Å²) in [5.41, 5.74) is 0.243. The van der Waals surface area contributed by atoms with Gasteiger partial charge in [0.15, 0.2) is 0 Å². The van der Waals surface area contributed by atoms with Crippen LogP contribution in [0.5, 0.6) is 0 Å². The molecule has 2 aromatic rings. The van der Waals surface area contributed by atoms with Gasteiger partial charge in [0, 0.05) is 18.0 Å². The van der Waals surface area contributed by atoms with Gasteiger partial charge in [-0.3, -0.25) is 0 Å². The number of hydrogen-bond donors (Lipinski definition) is 1. The lowest BCUT2D eigenvalue weighted by molar-refractivity contribution is 0.213. The summed E-state index contributed by atoms with van der Waals surface area (Å²) in [7, 11) is 0. The van der Waals surface area contributed by atoms with Crippen LogP contribution in [0.3, 0.4) is 0 Å². The van der Waals surface area contributed by atoms with Gasteiger partial charge in [0.05, 0.1) is 0 Å². The second kappa shape index (κ2) is 4.32. The molecule has 0 radical (unpaired) electrons. The summed E-state index contributed by atoms with van der Waals surface area (Å²) in [5.74, 6) is -1.49. The number of halogens is 2. The van der Waals surface area contributed by atoms with E-state index in [1.807, 2.05) is 0 Å². The molecule has 0 saturated carbocycles. The molecule has 1 N–H and O–H groups in total. The molecule has 1 atom stereocenters. The van der Waals surface area contributed by atoms with E-state index >= 15 is 0 Å². The standard InChI is InChI=1S/C11H8F2N2O/c12-9-6-7(3-5-14-9)10(16)8-2-1-4-15-11(8)13/h1-6,10,16H. The highest BCUT2D eigenvalue weighted by Crippen LogP contribution is 2.22. The zero-order valence-corrected chi connectivity index (χ0v) is 8.14. The van der Waals surface area contributed by atoms with E-state index in [1.54, 1.807) is 0 Å². The van der Waals surface area contributed by atoms with Gasteiger partial charge in [-0.15, -0.1) is 0 Å². The minimum Gasteiger partial charge on any atom is -0.383 e. The lowest BCUT2D eigenvalue weighted by Crippen LogP contribution is -2.04. The van der Waals surface area contributed by atoms with Crippen molar-refractivity contribution in [2.24, 2.45) is 0 Å². The number of nitrogens with zero attached hydrogens (tertiary/aromatic N) is 2. The van der Waals surface area contributed by atoms with Gasteiger partial charge in [-0.1, -0.05) is 0 Å². The Morgan fingerprint density at radius 3 is 2.62 bits per heavy atom. The molecule has 3 nitrogen and oxygen atoms in total. The molecule has 0 aliphatic heterocycles. The third-order valence-corrected chi connectivity index (χ3v) is 2.15. The van der Waals surface area contributed by atoms with Crippen molar-refractivity contribution in [2.75, 3.05) is 0 Å². The van der Waals surface area contributed by atoms with Crippen LogP contribution in [-0.4, -0.2) is 15.1 Å². The summed E-state index contributed by atoms with van der Waals surface area (Å²) in [6.45, 7) is 0. The van der Waals surface area contributed by atoms with Crippen LogP contribution in [0.2, 0.25) is 0 Å².